The lowest BCUT2D eigenvalue weighted by atomic mass is 10.2. The minimum atomic E-state index is -0.820. The second-order valence-electron chi connectivity index (χ2n) is 4.05. The van der Waals surface area contributed by atoms with Gasteiger partial charge in [0, 0.05) is 37.6 Å². The number of hydrogen-bond acceptors (Lipinski definition) is 4. The number of carboxylic acids is 1. The standard InChI is InChI=1S/C11H16N2O2S.ClH/c1-8-6-9(11(14)15)16-10(8)7-13-4-2-12-3-5-13;/h6,12H,2-5,7H2,1H3,(H,14,15);1H. The summed E-state index contributed by atoms with van der Waals surface area (Å²) in [5.74, 6) is -0.820. The van der Waals surface area contributed by atoms with Crippen molar-refractivity contribution in [2.45, 2.75) is 13.5 Å². The minimum absolute atomic E-state index is 0. The Morgan fingerprint density at radius 3 is 2.71 bits per heavy atom. The number of hydrogen-bond donors (Lipinski definition) is 2. The van der Waals surface area contributed by atoms with E-state index in [-0.39, 0.29) is 12.4 Å². The Kier molecular flexibility index (Phi) is 5.39. The average Bonchev–Trinajstić information content (AvgIpc) is 2.62. The maximum Gasteiger partial charge on any atom is 0.345 e. The lowest BCUT2D eigenvalue weighted by molar-refractivity contribution is 0.0702. The molecule has 1 aliphatic heterocycles. The fourth-order valence-corrected chi connectivity index (χ4v) is 2.91. The molecule has 0 unspecified atom stereocenters. The zero-order valence-corrected chi connectivity index (χ0v) is 11.4. The van der Waals surface area contributed by atoms with Gasteiger partial charge in [0.2, 0.25) is 0 Å². The van der Waals surface area contributed by atoms with E-state index in [4.69, 9.17) is 5.11 Å². The van der Waals surface area contributed by atoms with Crippen molar-refractivity contribution in [2.24, 2.45) is 0 Å². The molecule has 96 valence electrons. The molecule has 2 heterocycles. The zero-order valence-electron chi connectivity index (χ0n) is 9.73. The number of thiophene rings is 1. The Balaban J connectivity index is 0.00000144. The van der Waals surface area contributed by atoms with E-state index in [1.165, 1.54) is 16.2 Å². The maximum atomic E-state index is 10.8. The molecule has 0 spiro atoms. The number of nitrogens with zero attached hydrogens (tertiary/aromatic N) is 1. The highest BCUT2D eigenvalue weighted by molar-refractivity contribution is 7.14. The predicted molar refractivity (Wildman–Crippen MR) is 71.4 cm³/mol. The number of rotatable bonds is 3. The third-order valence-electron chi connectivity index (χ3n) is 2.81. The summed E-state index contributed by atoms with van der Waals surface area (Å²) in [5, 5.41) is 12.2. The molecule has 1 aliphatic rings. The summed E-state index contributed by atoms with van der Waals surface area (Å²) in [4.78, 5) is 14.8. The van der Waals surface area contributed by atoms with Crippen molar-refractivity contribution in [1.29, 1.82) is 0 Å². The normalized spacial score (nSPS) is 16.5. The molecule has 17 heavy (non-hydrogen) atoms. The minimum Gasteiger partial charge on any atom is -0.477 e. The molecule has 2 N–H and O–H groups in total. The van der Waals surface area contributed by atoms with Gasteiger partial charge in [-0.25, -0.2) is 4.79 Å². The van der Waals surface area contributed by atoms with Crippen molar-refractivity contribution in [3.63, 3.8) is 0 Å². The third kappa shape index (κ3) is 3.67. The van der Waals surface area contributed by atoms with E-state index in [0.29, 0.717) is 4.88 Å². The summed E-state index contributed by atoms with van der Waals surface area (Å²) in [6.45, 7) is 7.00. The van der Waals surface area contributed by atoms with Gasteiger partial charge in [0.05, 0.1) is 0 Å². The first kappa shape index (κ1) is 14.4. The van der Waals surface area contributed by atoms with Crippen LogP contribution in [0.25, 0.3) is 0 Å². The highest BCUT2D eigenvalue weighted by Gasteiger charge is 2.15. The van der Waals surface area contributed by atoms with Gasteiger partial charge in [-0.05, 0) is 18.6 Å². The van der Waals surface area contributed by atoms with Crippen molar-refractivity contribution >= 4 is 29.7 Å². The van der Waals surface area contributed by atoms with Gasteiger partial charge in [0.25, 0.3) is 0 Å². The summed E-state index contributed by atoms with van der Waals surface area (Å²) in [5.41, 5.74) is 1.10. The molecule has 1 saturated heterocycles. The molecular formula is C11H17ClN2O2S. The first-order valence-corrected chi connectivity index (χ1v) is 6.24. The van der Waals surface area contributed by atoms with E-state index in [1.807, 2.05) is 6.92 Å². The molecule has 6 heteroatoms. The Hall–Kier alpha value is -0.620. The predicted octanol–water partition coefficient (Wildman–Crippen LogP) is 1.58. The molecule has 2 rings (SSSR count). The Morgan fingerprint density at radius 1 is 1.53 bits per heavy atom. The largest absolute Gasteiger partial charge is 0.477 e. The van der Waals surface area contributed by atoms with Gasteiger partial charge >= 0.3 is 5.97 Å². The number of carbonyl (C=O) groups is 1. The topological polar surface area (TPSA) is 52.6 Å². The molecule has 0 amide bonds. The van der Waals surface area contributed by atoms with Crippen LogP contribution in [-0.4, -0.2) is 42.2 Å². The summed E-state index contributed by atoms with van der Waals surface area (Å²) in [6.07, 6.45) is 0. The van der Waals surface area contributed by atoms with Crippen LogP contribution in [0.3, 0.4) is 0 Å². The van der Waals surface area contributed by atoms with E-state index >= 15 is 0 Å². The molecule has 0 aliphatic carbocycles. The number of nitrogens with one attached hydrogen (secondary N) is 1. The van der Waals surface area contributed by atoms with Gasteiger partial charge in [-0.1, -0.05) is 0 Å². The van der Waals surface area contributed by atoms with Gasteiger partial charge < -0.3 is 10.4 Å². The average molecular weight is 277 g/mol. The molecule has 4 nitrogen and oxygen atoms in total. The van der Waals surface area contributed by atoms with Gasteiger partial charge in [-0.3, -0.25) is 4.90 Å². The zero-order chi connectivity index (χ0) is 11.5. The van der Waals surface area contributed by atoms with Crippen molar-refractivity contribution < 1.29 is 9.90 Å². The summed E-state index contributed by atoms with van der Waals surface area (Å²) >= 11 is 1.40. The maximum absolute atomic E-state index is 10.8. The van der Waals surface area contributed by atoms with E-state index < -0.39 is 5.97 Å². The number of halogens is 1. The van der Waals surface area contributed by atoms with Crippen molar-refractivity contribution in [3.8, 4) is 0 Å². The van der Waals surface area contributed by atoms with Gasteiger partial charge in [0.15, 0.2) is 0 Å². The van der Waals surface area contributed by atoms with E-state index in [9.17, 15) is 4.79 Å². The lowest BCUT2D eigenvalue weighted by Gasteiger charge is -2.26. The molecule has 0 aromatic carbocycles. The van der Waals surface area contributed by atoms with Crippen LogP contribution in [-0.2, 0) is 6.54 Å². The van der Waals surface area contributed by atoms with Crippen LogP contribution in [0, 0.1) is 6.92 Å². The second kappa shape index (κ2) is 6.35. The molecule has 0 radical (unpaired) electrons. The number of aryl methyl sites for hydroxylation is 1. The fourth-order valence-electron chi connectivity index (χ4n) is 1.85. The lowest BCUT2D eigenvalue weighted by Crippen LogP contribution is -2.42. The van der Waals surface area contributed by atoms with Crippen molar-refractivity contribution in [2.75, 3.05) is 26.2 Å². The van der Waals surface area contributed by atoms with E-state index in [1.54, 1.807) is 6.07 Å². The van der Waals surface area contributed by atoms with Crippen molar-refractivity contribution in [3.05, 3.63) is 21.4 Å². The summed E-state index contributed by atoms with van der Waals surface area (Å²) in [7, 11) is 0. The van der Waals surface area contributed by atoms with E-state index in [0.717, 1.165) is 38.3 Å². The third-order valence-corrected chi connectivity index (χ3v) is 4.02. The van der Waals surface area contributed by atoms with Crippen LogP contribution in [0.1, 0.15) is 20.1 Å². The smallest absolute Gasteiger partial charge is 0.345 e. The molecule has 1 fully saturated rings. The first-order chi connectivity index (χ1) is 7.66. The molecule has 1 aromatic heterocycles. The SMILES string of the molecule is Cc1cc(C(=O)O)sc1CN1CCNCC1.Cl. The van der Waals surface area contributed by atoms with Crippen LogP contribution in [0.2, 0.25) is 0 Å². The number of carboxylic acid groups (broad SMARTS) is 1. The Bertz CT molecular complexity index is 389. The molecule has 1 aromatic rings. The van der Waals surface area contributed by atoms with Gasteiger partial charge in [-0.15, -0.1) is 23.7 Å². The second-order valence-corrected chi connectivity index (χ2v) is 5.18. The highest BCUT2D eigenvalue weighted by Crippen LogP contribution is 2.23. The van der Waals surface area contributed by atoms with Crippen LogP contribution < -0.4 is 5.32 Å². The van der Waals surface area contributed by atoms with Crippen LogP contribution in [0.5, 0.6) is 0 Å². The number of aromatic carboxylic acids is 1. The molecular weight excluding hydrogens is 260 g/mol. The van der Waals surface area contributed by atoms with Crippen LogP contribution >= 0.6 is 23.7 Å². The molecule has 0 saturated carbocycles. The molecule has 0 bridgehead atoms. The molecule has 0 atom stereocenters. The summed E-state index contributed by atoms with van der Waals surface area (Å²) in [6, 6.07) is 1.77. The Morgan fingerprint density at radius 2 is 2.18 bits per heavy atom. The first-order valence-electron chi connectivity index (χ1n) is 5.42. The van der Waals surface area contributed by atoms with Crippen LogP contribution in [0.15, 0.2) is 6.07 Å². The number of piperazine rings is 1. The fraction of sp³-hybridized carbons (Fsp3) is 0.545. The highest BCUT2D eigenvalue weighted by atomic mass is 35.5. The summed E-state index contributed by atoms with van der Waals surface area (Å²) < 4.78 is 0. The Labute approximate surface area is 111 Å². The van der Waals surface area contributed by atoms with E-state index in [2.05, 4.69) is 10.2 Å². The van der Waals surface area contributed by atoms with Crippen LogP contribution in [0.4, 0.5) is 0 Å². The van der Waals surface area contributed by atoms with Gasteiger partial charge in [-0.2, -0.15) is 0 Å². The van der Waals surface area contributed by atoms with Crippen molar-refractivity contribution in [1.82, 2.24) is 10.2 Å². The van der Waals surface area contributed by atoms with Gasteiger partial charge in [0.1, 0.15) is 4.88 Å². The monoisotopic (exact) mass is 276 g/mol. The quantitative estimate of drug-likeness (QED) is 0.880.